The zero-order chi connectivity index (χ0) is 6.24. The molecule has 8 heavy (non-hydrogen) atoms. The van der Waals surface area contributed by atoms with Crippen LogP contribution in [0.2, 0.25) is 6.32 Å². The fraction of sp³-hybridized carbons (Fsp3) is 0.143. The first-order chi connectivity index (χ1) is 3.91. The molecule has 0 unspecified atom stereocenters. The maximum atomic E-state index is 5.16. The summed E-state index contributed by atoms with van der Waals surface area (Å²) in [6.45, 7) is 3.51. The molecule has 0 saturated carbocycles. The van der Waals surface area contributed by atoms with Crippen molar-refractivity contribution in [3.63, 3.8) is 0 Å². The molecule has 40 valence electrons. The van der Waals surface area contributed by atoms with Gasteiger partial charge < -0.3 is 0 Å². The molecule has 0 fully saturated rings. The van der Waals surface area contributed by atoms with Gasteiger partial charge in [-0.3, -0.25) is 0 Å². The van der Waals surface area contributed by atoms with Crippen LogP contribution in [0, 0.1) is 0 Å². The first-order valence-corrected chi connectivity index (χ1v) is 2.56. The second-order valence-electron chi connectivity index (χ2n) is 1.28. The summed E-state index contributed by atoms with van der Waals surface area (Å²) in [6.07, 6.45) is 9.83. The minimum Gasteiger partial charge on any atom is -0.0991 e. The summed E-state index contributed by atoms with van der Waals surface area (Å²) in [4.78, 5) is 0. The molecular weight excluding hydrogens is 94.9 g/mol. The zero-order valence-corrected chi connectivity index (χ0v) is 4.88. The van der Waals surface area contributed by atoms with Gasteiger partial charge in [0.05, 0.1) is 7.85 Å². The lowest BCUT2D eigenvalue weighted by atomic mass is 10.1. The molecule has 0 atom stereocenters. The molecule has 0 N–H and O–H groups in total. The van der Waals surface area contributed by atoms with Gasteiger partial charge >= 0.3 is 0 Å². The van der Waals surface area contributed by atoms with E-state index in [0.717, 1.165) is 0 Å². The van der Waals surface area contributed by atoms with Gasteiger partial charge in [0, 0.05) is 0 Å². The van der Waals surface area contributed by atoms with Crippen LogP contribution in [0.15, 0.2) is 37.0 Å². The van der Waals surface area contributed by atoms with Gasteiger partial charge in [0.25, 0.3) is 0 Å². The quantitative estimate of drug-likeness (QED) is 0.378. The van der Waals surface area contributed by atoms with E-state index in [4.69, 9.17) is 7.85 Å². The third-order valence-electron chi connectivity index (χ3n) is 0.630. The van der Waals surface area contributed by atoms with E-state index < -0.39 is 0 Å². The van der Waals surface area contributed by atoms with Gasteiger partial charge in [-0.25, -0.2) is 0 Å². The van der Waals surface area contributed by atoms with Crippen LogP contribution in [-0.2, 0) is 0 Å². The van der Waals surface area contributed by atoms with E-state index in [2.05, 4.69) is 6.58 Å². The van der Waals surface area contributed by atoms with Crippen LogP contribution < -0.4 is 0 Å². The minimum absolute atomic E-state index is 0.599. The molecule has 2 radical (unpaired) electrons. The summed E-state index contributed by atoms with van der Waals surface area (Å²) < 4.78 is 0. The van der Waals surface area contributed by atoms with Gasteiger partial charge in [0.2, 0.25) is 0 Å². The third kappa shape index (κ3) is 5.28. The molecule has 0 aromatic carbocycles. The van der Waals surface area contributed by atoms with Crippen LogP contribution in [0.1, 0.15) is 0 Å². The van der Waals surface area contributed by atoms with Crippen LogP contribution in [-0.4, -0.2) is 7.85 Å². The minimum atomic E-state index is 0.599. The van der Waals surface area contributed by atoms with Gasteiger partial charge in [0.15, 0.2) is 0 Å². The van der Waals surface area contributed by atoms with E-state index in [1.807, 2.05) is 24.3 Å². The van der Waals surface area contributed by atoms with Gasteiger partial charge in [0.1, 0.15) is 0 Å². The Balaban J connectivity index is 3.26. The Morgan fingerprint density at radius 3 is 2.50 bits per heavy atom. The molecule has 0 aromatic rings. The smallest absolute Gasteiger partial charge is 0.0708 e. The normalized spacial score (nSPS) is 11.0. The summed E-state index contributed by atoms with van der Waals surface area (Å²) in [5, 5.41) is 0. The van der Waals surface area contributed by atoms with E-state index >= 15 is 0 Å². The molecule has 0 aliphatic heterocycles. The van der Waals surface area contributed by atoms with Crippen LogP contribution in [0.5, 0.6) is 0 Å². The average Bonchev–Trinajstić information content (AvgIpc) is 1.81. The molecule has 0 aromatic heterocycles. The fourth-order valence-electron chi connectivity index (χ4n) is 0.300. The molecule has 0 bridgehead atoms. The van der Waals surface area contributed by atoms with Crippen molar-refractivity contribution in [3.05, 3.63) is 37.0 Å². The predicted molar refractivity (Wildman–Crippen MR) is 39.0 cm³/mol. The monoisotopic (exact) mass is 104 g/mol. The molecular formula is C7H9B. The summed E-state index contributed by atoms with van der Waals surface area (Å²) in [6, 6.07) is 0. The lowest BCUT2D eigenvalue weighted by Crippen LogP contribution is -1.54. The highest BCUT2D eigenvalue weighted by atomic mass is 13.6. The molecule has 0 amide bonds. The lowest BCUT2D eigenvalue weighted by Gasteiger charge is -1.71. The molecule has 0 aliphatic carbocycles. The maximum Gasteiger partial charge on any atom is 0.0708 e. The second-order valence-corrected chi connectivity index (χ2v) is 1.28. The summed E-state index contributed by atoms with van der Waals surface area (Å²) >= 11 is 0. The lowest BCUT2D eigenvalue weighted by molar-refractivity contribution is 1.70. The summed E-state index contributed by atoms with van der Waals surface area (Å²) in [7, 11) is 5.16. The van der Waals surface area contributed by atoms with Crippen LogP contribution in [0.4, 0.5) is 0 Å². The van der Waals surface area contributed by atoms with Crippen LogP contribution in [0.25, 0.3) is 0 Å². The molecule has 0 rings (SSSR count). The van der Waals surface area contributed by atoms with Crippen molar-refractivity contribution in [1.29, 1.82) is 0 Å². The predicted octanol–water partition coefficient (Wildman–Crippen LogP) is 1.87. The van der Waals surface area contributed by atoms with Gasteiger partial charge in [-0.2, -0.15) is 0 Å². The van der Waals surface area contributed by atoms with Crippen molar-refractivity contribution >= 4 is 7.85 Å². The number of hydrogen-bond donors (Lipinski definition) is 0. The number of rotatable bonds is 3. The van der Waals surface area contributed by atoms with Crippen molar-refractivity contribution in [2.24, 2.45) is 0 Å². The molecule has 0 saturated heterocycles. The Morgan fingerprint density at radius 2 is 2.00 bits per heavy atom. The molecule has 0 spiro atoms. The Hall–Kier alpha value is -0.715. The Bertz CT molecular complexity index is 101. The highest BCUT2D eigenvalue weighted by Gasteiger charge is 1.59. The van der Waals surface area contributed by atoms with Crippen molar-refractivity contribution in [2.45, 2.75) is 6.32 Å². The topological polar surface area (TPSA) is 0 Å². The van der Waals surface area contributed by atoms with Crippen molar-refractivity contribution in [2.75, 3.05) is 0 Å². The van der Waals surface area contributed by atoms with Crippen molar-refractivity contribution in [3.8, 4) is 0 Å². The molecule has 0 aliphatic rings. The Kier molecular flexibility index (Phi) is 5.72. The van der Waals surface area contributed by atoms with Gasteiger partial charge in [-0.05, 0) is 0 Å². The summed E-state index contributed by atoms with van der Waals surface area (Å²) in [5.41, 5.74) is 0. The third-order valence-corrected chi connectivity index (χ3v) is 0.630. The van der Waals surface area contributed by atoms with E-state index in [1.54, 1.807) is 6.08 Å². The van der Waals surface area contributed by atoms with Gasteiger partial charge in [-0.1, -0.05) is 43.3 Å². The SMILES string of the molecule is [B]C/C=C\C=C/C=C. The average molecular weight is 104 g/mol. The molecule has 1 heteroatoms. The van der Waals surface area contributed by atoms with E-state index in [-0.39, 0.29) is 0 Å². The van der Waals surface area contributed by atoms with Crippen molar-refractivity contribution < 1.29 is 0 Å². The highest BCUT2D eigenvalue weighted by molar-refractivity contribution is 6.09. The molecule has 0 nitrogen and oxygen atoms in total. The van der Waals surface area contributed by atoms with E-state index in [1.165, 1.54) is 0 Å². The standard InChI is InChI=1S/C7H9B/c1-2-3-4-5-6-7-8/h2-6H,1,7H2/b4-3-,6-5-. The fourth-order valence-corrected chi connectivity index (χ4v) is 0.300. The largest absolute Gasteiger partial charge is 0.0991 e. The van der Waals surface area contributed by atoms with E-state index in [9.17, 15) is 0 Å². The van der Waals surface area contributed by atoms with Gasteiger partial charge in [-0.15, -0.1) is 0 Å². The number of hydrogen-bond acceptors (Lipinski definition) is 0. The van der Waals surface area contributed by atoms with Crippen LogP contribution in [0.3, 0.4) is 0 Å². The highest BCUT2D eigenvalue weighted by Crippen LogP contribution is 1.79. The number of allylic oxidation sites excluding steroid dienone is 5. The van der Waals surface area contributed by atoms with Crippen LogP contribution >= 0.6 is 0 Å². The zero-order valence-electron chi connectivity index (χ0n) is 4.88. The summed E-state index contributed by atoms with van der Waals surface area (Å²) in [5.74, 6) is 0. The Labute approximate surface area is 52.0 Å². The first-order valence-electron chi connectivity index (χ1n) is 2.56. The first kappa shape index (κ1) is 7.28. The van der Waals surface area contributed by atoms with E-state index in [0.29, 0.717) is 6.32 Å². The molecule has 0 heterocycles. The Morgan fingerprint density at radius 1 is 1.25 bits per heavy atom. The second kappa shape index (κ2) is 6.28. The maximum absolute atomic E-state index is 5.16. The van der Waals surface area contributed by atoms with Crippen molar-refractivity contribution in [1.82, 2.24) is 0 Å².